The highest BCUT2D eigenvalue weighted by Crippen LogP contribution is 2.31. The molecule has 23 heavy (non-hydrogen) atoms. The van der Waals surface area contributed by atoms with Crippen molar-refractivity contribution in [2.45, 2.75) is 19.3 Å². The van der Waals surface area contributed by atoms with E-state index in [1.54, 1.807) is 12.3 Å². The Morgan fingerprint density at radius 3 is 3.09 bits per heavy atom. The number of hydrogen-bond donors (Lipinski definition) is 3. The van der Waals surface area contributed by atoms with Crippen LogP contribution in [0.2, 0.25) is 0 Å². The summed E-state index contributed by atoms with van der Waals surface area (Å²) in [5.41, 5.74) is 3.37. The lowest BCUT2D eigenvalue weighted by molar-refractivity contribution is 0.0956. The van der Waals surface area contributed by atoms with Gasteiger partial charge in [-0.3, -0.25) is 9.59 Å². The van der Waals surface area contributed by atoms with Gasteiger partial charge in [-0.15, -0.1) is 0 Å². The highest BCUT2D eigenvalue weighted by Gasteiger charge is 2.26. The van der Waals surface area contributed by atoms with E-state index < -0.39 is 0 Å². The van der Waals surface area contributed by atoms with Crippen LogP contribution in [0.1, 0.15) is 39.3 Å². The van der Waals surface area contributed by atoms with E-state index in [0.29, 0.717) is 29.8 Å². The number of hydrogen-bond acceptors (Lipinski definition) is 4. The molecule has 0 spiro atoms. The monoisotopic (exact) mass is 311 g/mol. The first kappa shape index (κ1) is 13.9. The van der Waals surface area contributed by atoms with Crippen LogP contribution in [-0.2, 0) is 6.42 Å². The predicted octanol–water partition coefficient (Wildman–Crippen LogP) is 2.59. The molecule has 2 aromatic rings. The highest BCUT2D eigenvalue weighted by molar-refractivity contribution is 6.13. The number of anilines is 2. The van der Waals surface area contributed by atoms with E-state index in [-0.39, 0.29) is 11.7 Å². The van der Waals surface area contributed by atoms with Crippen molar-refractivity contribution in [3.05, 3.63) is 41.2 Å². The molecule has 0 unspecified atom stereocenters. The van der Waals surface area contributed by atoms with Gasteiger partial charge < -0.3 is 20.4 Å². The van der Waals surface area contributed by atoms with Crippen molar-refractivity contribution in [2.24, 2.45) is 0 Å². The lowest BCUT2D eigenvalue weighted by Crippen LogP contribution is -2.19. The number of Topliss-reactive ketones (excluding diaryl/α,β-unsaturated/α-hetero) is 1. The third-order valence-corrected chi connectivity index (χ3v) is 4.23. The molecule has 2 aliphatic rings. The van der Waals surface area contributed by atoms with Crippen LogP contribution in [-0.4, -0.2) is 29.8 Å². The quantitative estimate of drug-likeness (QED) is 0.796. The molecule has 1 aliphatic carbocycles. The van der Waals surface area contributed by atoms with Gasteiger partial charge in [0.2, 0.25) is 0 Å². The van der Waals surface area contributed by atoms with Crippen molar-refractivity contribution in [2.75, 3.05) is 23.8 Å². The number of H-pyrrole nitrogens is 1. The van der Waals surface area contributed by atoms with Gasteiger partial charge in [-0.2, -0.15) is 0 Å². The zero-order valence-corrected chi connectivity index (χ0v) is 12.6. The van der Waals surface area contributed by atoms with Gasteiger partial charge in [0.15, 0.2) is 5.78 Å². The van der Waals surface area contributed by atoms with Crippen molar-refractivity contribution in [1.82, 2.24) is 4.98 Å². The van der Waals surface area contributed by atoms with E-state index in [1.807, 2.05) is 12.1 Å². The molecule has 1 aromatic carbocycles. The number of benzene rings is 1. The number of aromatic amines is 1. The molecule has 0 bridgehead atoms. The lowest BCUT2D eigenvalue weighted by atomic mass is 9.93. The third kappa shape index (κ3) is 2.46. The smallest absolute Gasteiger partial charge is 0.257 e. The first-order chi connectivity index (χ1) is 11.2. The molecule has 1 amide bonds. The van der Waals surface area contributed by atoms with E-state index in [1.165, 1.54) is 0 Å². The first-order valence-electron chi connectivity index (χ1n) is 7.78. The Kier molecular flexibility index (Phi) is 3.29. The van der Waals surface area contributed by atoms with Gasteiger partial charge in [-0.05, 0) is 31.0 Å². The average molecular weight is 311 g/mol. The van der Waals surface area contributed by atoms with Gasteiger partial charge in [0.1, 0.15) is 12.4 Å². The molecule has 2 heterocycles. The van der Waals surface area contributed by atoms with Crippen LogP contribution in [0.25, 0.3) is 0 Å². The Balaban J connectivity index is 1.59. The van der Waals surface area contributed by atoms with Crippen LogP contribution in [0, 0.1) is 0 Å². The zero-order valence-electron chi connectivity index (χ0n) is 12.6. The number of nitrogens with one attached hydrogen (secondary N) is 3. The van der Waals surface area contributed by atoms with Crippen molar-refractivity contribution in [1.29, 1.82) is 0 Å². The normalized spacial score (nSPS) is 15.9. The molecule has 6 heteroatoms. The van der Waals surface area contributed by atoms with Gasteiger partial charge in [-0.25, -0.2) is 0 Å². The van der Waals surface area contributed by atoms with E-state index in [2.05, 4.69) is 15.6 Å². The van der Waals surface area contributed by atoms with Gasteiger partial charge >= 0.3 is 0 Å². The van der Waals surface area contributed by atoms with E-state index in [4.69, 9.17) is 4.74 Å². The number of rotatable bonds is 2. The molecule has 118 valence electrons. The molecule has 0 atom stereocenters. The highest BCUT2D eigenvalue weighted by atomic mass is 16.5. The van der Waals surface area contributed by atoms with Crippen LogP contribution in [0.3, 0.4) is 0 Å². The minimum Gasteiger partial charge on any atom is -0.490 e. The number of aromatic nitrogens is 1. The summed E-state index contributed by atoms with van der Waals surface area (Å²) < 4.78 is 5.52. The van der Waals surface area contributed by atoms with Crippen molar-refractivity contribution >= 4 is 23.1 Å². The van der Waals surface area contributed by atoms with Crippen molar-refractivity contribution in [3.63, 3.8) is 0 Å². The van der Waals surface area contributed by atoms with E-state index >= 15 is 0 Å². The van der Waals surface area contributed by atoms with Crippen LogP contribution >= 0.6 is 0 Å². The Morgan fingerprint density at radius 1 is 1.26 bits per heavy atom. The molecule has 1 aromatic heterocycles. The maximum atomic E-state index is 12.5. The summed E-state index contributed by atoms with van der Waals surface area (Å²) in [7, 11) is 0. The average Bonchev–Trinajstić information content (AvgIpc) is 3.00. The summed E-state index contributed by atoms with van der Waals surface area (Å²) in [6.45, 7) is 1.38. The summed E-state index contributed by atoms with van der Waals surface area (Å²) in [6.07, 6.45) is 3.78. The van der Waals surface area contributed by atoms with Crippen LogP contribution < -0.4 is 15.4 Å². The first-order valence-corrected chi connectivity index (χ1v) is 7.78. The molecule has 0 saturated carbocycles. The second kappa shape index (κ2) is 5.46. The van der Waals surface area contributed by atoms with Gasteiger partial charge in [0, 0.05) is 30.5 Å². The second-order valence-corrected chi connectivity index (χ2v) is 5.77. The minimum atomic E-state index is -0.269. The Labute approximate surface area is 133 Å². The van der Waals surface area contributed by atoms with E-state index in [9.17, 15) is 9.59 Å². The number of ketones is 1. The van der Waals surface area contributed by atoms with Gasteiger partial charge in [-0.1, -0.05) is 0 Å². The van der Waals surface area contributed by atoms with Gasteiger partial charge in [0.05, 0.1) is 16.8 Å². The number of fused-ring (bicyclic) bond motifs is 2. The van der Waals surface area contributed by atoms with Crippen LogP contribution in [0.15, 0.2) is 24.4 Å². The summed E-state index contributed by atoms with van der Waals surface area (Å²) >= 11 is 0. The Morgan fingerprint density at radius 2 is 2.17 bits per heavy atom. The van der Waals surface area contributed by atoms with Crippen LogP contribution in [0.5, 0.6) is 5.75 Å². The fraction of sp³-hybridized carbons (Fsp3) is 0.294. The molecule has 1 aliphatic heterocycles. The van der Waals surface area contributed by atoms with E-state index in [0.717, 1.165) is 36.5 Å². The maximum absolute atomic E-state index is 12.5. The largest absolute Gasteiger partial charge is 0.490 e. The minimum absolute atomic E-state index is 0.0400. The molecule has 6 nitrogen and oxygen atoms in total. The maximum Gasteiger partial charge on any atom is 0.257 e. The molecule has 4 rings (SSSR count). The molecular formula is C17H17N3O3. The molecular weight excluding hydrogens is 294 g/mol. The summed E-state index contributed by atoms with van der Waals surface area (Å²) in [6, 6.07) is 5.47. The second-order valence-electron chi connectivity index (χ2n) is 5.77. The predicted molar refractivity (Wildman–Crippen MR) is 86.4 cm³/mol. The number of amides is 1. The van der Waals surface area contributed by atoms with Gasteiger partial charge in [0.25, 0.3) is 5.91 Å². The van der Waals surface area contributed by atoms with Crippen LogP contribution in [0.4, 0.5) is 11.4 Å². The number of ether oxygens (including phenoxy) is 1. The van der Waals surface area contributed by atoms with Crippen molar-refractivity contribution < 1.29 is 14.3 Å². The molecule has 0 fully saturated rings. The topological polar surface area (TPSA) is 83.2 Å². The summed E-state index contributed by atoms with van der Waals surface area (Å²) in [5, 5.41) is 6.09. The molecule has 0 saturated heterocycles. The lowest BCUT2D eigenvalue weighted by Gasteiger charge is -2.19. The fourth-order valence-electron chi connectivity index (χ4n) is 3.13. The standard InChI is InChI=1S/C17H17N3O3/c21-14-3-1-2-12-16(14)11(9-19-12)17(22)20-10-4-5-15-13(8-10)18-6-7-23-15/h4-5,8-9,18-19H,1-3,6-7H2,(H,20,22). The Bertz CT molecular complexity index is 794. The number of aryl methyl sites for hydroxylation is 1. The van der Waals surface area contributed by atoms with Crippen molar-refractivity contribution in [3.8, 4) is 5.75 Å². The number of carbonyl (C=O) groups excluding carboxylic acids is 2. The molecule has 3 N–H and O–H groups in total. The summed E-state index contributed by atoms with van der Waals surface area (Å²) in [5.74, 6) is 0.552. The summed E-state index contributed by atoms with van der Waals surface area (Å²) in [4.78, 5) is 27.7. The Hall–Kier alpha value is -2.76. The number of carbonyl (C=O) groups is 2. The fourth-order valence-corrected chi connectivity index (χ4v) is 3.13. The SMILES string of the molecule is O=C(Nc1ccc2c(c1)NCCO2)c1c[nH]c2c1C(=O)CCC2. The molecule has 0 radical (unpaired) electrons. The third-order valence-electron chi connectivity index (χ3n) is 4.23. The zero-order chi connectivity index (χ0) is 15.8.